The highest BCUT2D eigenvalue weighted by atomic mass is 32.2. The summed E-state index contributed by atoms with van der Waals surface area (Å²) < 4.78 is 64.4. The molecule has 1 aliphatic heterocycles. The number of fused-ring (bicyclic) bond motifs is 1. The number of nitrogens with zero attached hydrogens (tertiary/aromatic N) is 1. The van der Waals surface area contributed by atoms with Gasteiger partial charge in [-0.25, -0.2) is 8.42 Å². The van der Waals surface area contributed by atoms with Crippen LogP contribution in [0.15, 0.2) is 16.3 Å². The third-order valence-corrected chi connectivity index (χ3v) is 8.24. The van der Waals surface area contributed by atoms with Crippen molar-refractivity contribution in [1.29, 1.82) is 0 Å². The van der Waals surface area contributed by atoms with E-state index in [1.165, 1.54) is 0 Å². The van der Waals surface area contributed by atoms with Gasteiger partial charge in [-0.1, -0.05) is 12.8 Å². The minimum Gasteiger partial charge on any atom is -0.480 e. The number of thiophene rings is 1. The smallest absolute Gasteiger partial charge is 0.425 e. The number of hydrogen-bond acceptors (Lipinski definition) is 4. The predicted molar refractivity (Wildman–Crippen MR) is 80.1 cm³/mol. The van der Waals surface area contributed by atoms with Crippen LogP contribution in [0.4, 0.5) is 13.2 Å². The Labute approximate surface area is 141 Å². The van der Waals surface area contributed by atoms with Gasteiger partial charge in [0, 0.05) is 6.04 Å². The van der Waals surface area contributed by atoms with Crippen LogP contribution in [0, 0.1) is 5.92 Å². The first kappa shape index (κ1) is 17.7. The van der Waals surface area contributed by atoms with Crippen LogP contribution in [0.5, 0.6) is 0 Å². The van der Waals surface area contributed by atoms with Crippen molar-refractivity contribution in [1.82, 2.24) is 4.31 Å². The number of halogens is 3. The van der Waals surface area contributed by atoms with E-state index in [0.717, 1.165) is 35.7 Å². The Bertz CT molecular complexity index is 743. The van der Waals surface area contributed by atoms with Crippen LogP contribution >= 0.6 is 11.3 Å². The predicted octanol–water partition coefficient (Wildman–Crippen LogP) is 3.17. The molecule has 134 valence electrons. The molecule has 1 aromatic heterocycles. The van der Waals surface area contributed by atoms with Crippen LogP contribution in [-0.2, 0) is 21.0 Å². The fourth-order valence-electron chi connectivity index (χ4n) is 3.69. The molecule has 0 aromatic carbocycles. The highest BCUT2D eigenvalue weighted by molar-refractivity contribution is 7.91. The molecule has 10 heteroatoms. The van der Waals surface area contributed by atoms with Crippen molar-refractivity contribution in [3.8, 4) is 0 Å². The Morgan fingerprint density at radius 2 is 1.92 bits per heavy atom. The summed E-state index contributed by atoms with van der Waals surface area (Å²) in [5, 5.41) is 9.39. The average molecular weight is 383 g/mol. The van der Waals surface area contributed by atoms with Crippen molar-refractivity contribution >= 4 is 27.3 Å². The molecule has 3 unspecified atom stereocenters. The minimum atomic E-state index is -4.62. The van der Waals surface area contributed by atoms with Gasteiger partial charge in [0.25, 0.3) is 10.0 Å². The summed E-state index contributed by atoms with van der Waals surface area (Å²) in [6.07, 6.45) is -1.40. The lowest BCUT2D eigenvalue weighted by Crippen LogP contribution is -2.45. The zero-order valence-electron chi connectivity index (χ0n) is 12.5. The van der Waals surface area contributed by atoms with E-state index in [4.69, 9.17) is 0 Å². The van der Waals surface area contributed by atoms with Gasteiger partial charge in [0.2, 0.25) is 0 Å². The molecular weight excluding hydrogens is 367 g/mol. The van der Waals surface area contributed by atoms with Crippen LogP contribution in [0.1, 0.15) is 37.0 Å². The molecule has 1 saturated heterocycles. The Morgan fingerprint density at radius 1 is 1.25 bits per heavy atom. The molecule has 0 spiro atoms. The standard InChI is InChI=1S/C14H16F3NO4S2/c15-14(16,17)11-5-6-12(23-11)24(21,22)18-9-4-2-1-3-8(9)7-10(18)13(19)20/h5-6,8-10H,1-4,7H2,(H,19,20). The molecule has 1 saturated carbocycles. The third kappa shape index (κ3) is 2.95. The average Bonchev–Trinajstić information content (AvgIpc) is 3.12. The van der Waals surface area contributed by atoms with E-state index in [9.17, 15) is 31.5 Å². The molecule has 2 fully saturated rings. The van der Waals surface area contributed by atoms with Crippen molar-refractivity contribution < 1.29 is 31.5 Å². The zero-order chi connectivity index (χ0) is 17.7. The van der Waals surface area contributed by atoms with Crippen LogP contribution in [0.2, 0.25) is 0 Å². The van der Waals surface area contributed by atoms with Gasteiger partial charge in [0.1, 0.15) is 15.1 Å². The van der Waals surface area contributed by atoms with E-state index in [1.54, 1.807) is 0 Å². The van der Waals surface area contributed by atoms with Gasteiger partial charge in [0.15, 0.2) is 0 Å². The van der Waals surface area contributed by atoms with Crippen LogP contribution < -0.4 is 0 Å². The van der Waals surface area contributed by atoms with E-state index in [1.807, 2.05) is 0 Å². The molecule has 0 radical (unpaired) electrons. The van der Waals surface area contributed by atoms with Gasteiger partial charge in [0.05, 0.1) is 0 Å². The maximum Gasteiger partial charge on any atom is 0.425 e. The summed E-state index contributed by atoms with van der Waals surface area (Å²) in [6.45, 7) is 0. The normalized spacial score (nSPS) is 28.7. The molecular formula is C14H16F3NO4S2. The number of carboxylic acid groups (broad SMARTS) is 1. The largest absolute Gasteiger partial charge is 0.480 e. The Balaban J connectivity index is 2.00. The molecule has 24 heavy (non-hydrogen) atoms. The van der Waals surface area contributed by atoms with Gasteiger partial charge in [-0.15, -0.1) is 11.3 Å². The number of rotatable bonds is 3. The van der Waals surface area contributed by atoms with Gasteiger partial charge in [-0.05, 0) is 37.3 Å². The summed E-state index contributed by atoms with van der Waals surface area (Å²) >= 11 is 0.139. The molecule has 3 rings (SSSR count). The molecule has 3 atom stereocenters. The van der Waals surface area contributed by atoms with Crippen LogP contribution in [-0.4, -0.2) is 35.9 Å². The van der Waals surface area contributed by atoms with Gasteiger partial charge in [-0.3, -0.25) is 4.79 Å². The van der Waals surface area contributed by atoms with Crippen molar-refractivity contribution in [3.63, 3.8) is 0 Å². The third-order valence-electron chi connectivity index (χ3n) is 4.71. The second-order valence-electron chi connectivity index (χ2n) is 6.15. The monoisotopic (exact) mass is 383 g/mol. The molecule has 2 aliphatic rings. The number of aliphatic carboxylic acids is 1. The zero-order valence-corrected chi connectivity index (χ0v) is 14.1. The second-order valence-corrected chi connectivity index (χ2v) is 9.31. The quantitative estimate of drug-likeness (QED) is 0.870. The Hall–Kier alpha value is -1.13. The molecule has 0 bridgehead atoms. The number of carboxylic acids is 1. The summed E-state index contributed by atoms with van der Waals surface area (Å²) in [4.78, 5) is 10.5. The second kappa shape index (κ2) is 5.99. The summed E-state index contributed by atoms with van der Waals surface area (Å²) in [5.41, 5.74) is 0. The number of alkyl halides is 3. The first-order chi connectivity index (χ1) is 11.1. The fourth-order valence-corrected chi connectivity index (χ4v) is 6.84. The highest BCUT2D eigenvalue weighted by Crippen LogP contribution is 2.44. The van der Waals surface area contributed by atoms with E-state index in [0.29, 0.717) is 6.42 Å². The molecule has 0 amide bonds. The summed E-state index contributed by atoms with van der Waals surface area (Å²) in [6, 6.07) is -0.0135. The lowest BCUT2D eigenvalue weighted by Gasteiger charge is -2.31. The molecule has 1 aliphatic carbocycles. The van der Waals surface area contributed by atoms with Gasteiger partial charge < -0.3 is 5.11 Å². The fraction of sp³-hybridized carbons (Fsp3) is 0.643. The van der Waals surface area contributed by atoms with Crippen molar-refractivity contribution in [2.45, 2.75) is 54.6 Å². The topological polar surface area (TPSA) is 74.7 Å². The summed E-state index contributed by atoms with van der Waals surface area (Å²) in [5.74, 6) is -1.29. The van der Waals surface area contributed by atoms with Crippen molar-refractivity contribution in [2.24, 2.45) is 5.92 Å². The first-order valence-electron chi connectivity index (χ1n) is 7.56. The Morgan fingerprint density at radius 3 is 2.50 bits per heavy atom. The van der Waals surface area contributed by atoms with E-state index >= 15 is 0 Å². The Kier molecular flexibility index (Phi) is 4.42. The lowest BCUT2D eigenvalue weighted by molar-refractivity contribution is -0.141. The molecule has 5 nitrogen and oxygen atoms in total. The minimum absolute atomic E-state index is 0.0447. The number of carbonyl (C=O) groups is 1. The van der Waals surface area contributed by atoms with E-state index in [2.05, 4.69) is 0 Å². The first-order valence-corrected chi connectivity index (χ1v) is 9.81. The molecule has 1 N–H and O–H groups in total. The SMILES string of the molecule is O=C(O)C1CC2CCCCC2N1S(=O)(=O)c1ccc(C(F)(F)F)s1. The van der Waals surface area contributed by atoms with E-state index < -0.39 is 43.3 Å². The van der Waals surface area contributed by atoms with Crippen molar-refractivity contribution in [3.05, 3.63) is 17.0 Å². The summed E-state index contributed by atoms with van der Waals surface area (Å²) in [7, 11) is -4.27. The maximum atomic E-state index is 12.9. The van der Waals surface area contributed by atoms with Crippen molar-refractivity contribution in [2.75, 3.05) is 0 Å². The number of sulfonamides is 1. The van der Waals surface area contributed by atoms with E-state index in [-0.39, 0.29) is 23.7 Å². The van der Waals surface area contributed by atoms with Gasteiger partial charge in [-0.2, -0.15) is 17.5 Å². The maximum absolute atomic E-state index is 12.9. The molecule has 1 aromatic rings. The van der Waals surface area contributed by atoms with Gasteiger partial charge >= 0.3 is 12.1 Å². The van der Waals surface area contributed by atoms with Crippen LogP contribution in [0.3, 0.4) is 0 Å². The highest BCUT2D eigenvalue weighted by Gasteiger charge is 2.51. The number of hydrogen-bond donors (Lipinski definition) is 1. The molecule has 2 heterocycles. The van der Waals surface area contributed by atoms with Crippen LogP contribution in [0.25, 0.3) is 0 Å². The lowest BCUT2D eigenvalue weighted by atomic mass is 9.85.